The fourth-order valence-corrected chi connectivity index (χ4v) is 2.40. The highest BCUT2D eigenvalue weighted by Crippen LogP contribution is 2.22. The Balaban J connectivity index is 1.70. The summed E-state index contributed by atoms with van der Waals surface area (Å²) in [6.45, 7) is 4.98. The Morgan fingerprint density at radius 2 is 1.92 bits per heavy atom. The Hall–Kier alpha value is -2.27. The highest BCUT2D eigenvalue weighted by atomic mass is 35.5. The Bertz CT molecular complexity index is 702. The molecule has 0 unspecified atom stereocenters. The first-order valence-corrected chi connectivity index (χ1v) is 8.04. The highest BCUT2D eigenvalue weighted by molar-refractivity contribution is 6.31. The third-order valence-electron chi connectivity index (χ3n) is 3.44. The maximum absolute atomic E-state index is 13.0. The molecule has 2 rings (SSSR count). The molecule has 2 N–H and O–H groups in total. The number of anilines is 1. The van der Waals surface area contributed by atoms with Crippen molar-refractivity contribution in [2.45, 2.75) is 20.3 Å². The van der Waals surface area contributed by atoms with Crippen molar-refractivity contribution in [2.75, 3.05) is 18.5 Å². The van der Waals surface area contributed by atoms with E-state index in [4.69, 9.17) is 16.3 Å². The third-order valence-corrected chi connectivity index (χ3v) is 3.73. The molecule has 0 aliphatic heterocycles. The smallest absolute Gasteiger partial charge is 0.319 e. The minimum atomic E-state index is -0.522. The van der Waals surface area contributed by atoms with Gasteiger partial charge in [-0.3, -0.25) is 0 Å². The van der Waals surface area contributed by atoms with Crippen molar-refractivity contribution in [3.63, 3.8) is 0 Å². The number of nitrogens with one attached hydrogen (secondary N) is 2. The molecular weight excluding hydrogens is 331 g/mol. The van der Waals surface area contributed by atoms with Crippen molar-refractivity contribution < 1.29 is 13.9 Å². The Labute approximate surface area is 146 Å². The van der Waals surface area contributed by atoms with Crippen LogP contribution >= 0.6 is 11.6 Å². The molecule has 0 aliphatic rings. The first kappa shape index (κ1) is 18.1. The van der Waals surface area contributed by atoms with E-state index in [1.54, 1.807) is 0 Å². The second-order valence-corrected chi connectivity index (χ2v) is 5.84. The molecule has 0 heterocycles. The van der Waals surface area contributed by atoms with Crippen LogP contribution < -0.4 is 15.4 Å². The lowest BCUT2D eigenvalue weighted by molar-refractivity contribution is 0.250. The van der Waals surface area contributed by atoms with E-state index in [1.165, 1.54) is 18.2 Å². The zero-order chi connectivity index (χ0) is 17.5. The van der Waals surface area contributed by atoms with Gasteiger partial charge in [0.1, 0.15) is 11.6 Å². The van der Waals surface area contributed by atoms with Gasteiger partial charge in [-0.1, -0.05) is 29.8 Å². The third kappa shape index (κ3) is 5.13. The molecule has 6 heteroatoms. The summed E-state index contributed by atoms with van der Waals surface area (Å²) in [6.07, 6.45) is 0.672. The van der Waals surface area contributed by atoms with Crippen LogP contribution in [0.15, 0.2) is 36.4 Å². The SMILES string of the molecule is Cc1cccc(C)c1OCCCNC(=O)Nc1ccc(F)c(Cl)c1. The Morgan fingerprint density at radius 1 is 1.21 bits per heavy atom. The lowest BCUT2D eigenvalue weighted by Crippen LogP contribution is -2.30. The van der Waals surface area contributed by atoms with Crippen molar-refractivity contribution in [1.82, 2.24) is 5.32 Å². The van der Waals surface area contributed by atoms with Crippen molar-refractivity contribution in [3.8, 4) is 5.75 Å². The van der Waals surface area contributed by atoms with Crippen LogP contribution in [0.4, 0.5) is 14.9 Å². The monoisotopic (exact) mass is 350 g/mol. The summed E-state index contributed by atoms with van der Waals surface area (Å²) >= 11 is 5.66. The topological polar surface area (TPSA) is 50.4 Å². The highest BCUT2D eigenvalue weighted by Gasteiger charge is 2.05. The van der Waals surface area contributed by atoms with E-state index in [-0.39, 0.29) is 11.1 Å². The van der Waals surface area contributed by atoms with Crippen LogP contribution in [0.2, 0.25) is 5.02 Å². The summed E-state index contributed by atoms with van der Waals surface area (Å²) < 4.78 is 18.8. The number of rotatable bonds is 6. The van der Waals surface area contributed by atoms with Gasteiger partial charge in [0.2, 0.25) is 0 Å². The zero-order valence-electron chi connectivity index (χ0n) is 13.7. The molecule has 0 radical (unpaired) electrons. The summed E-state index contributed by atoms with van der Waals surface area (Å²) in [4.78, 5) is 11.8. The number of urea groups is 1. The number of aryl methyl sites for hydroxylation is 2. The van der Waals surface area contributed by atoms with Gasteiger partial charge in [0.05, 0.1) is 11.6 Å². The number of para-hydroxylation sites is 1. The number of hydrogen-bond donors (Lipinski definition) is 2. The minimum absolute atomic E-state index is 0.0326. The van der Waals surface area contributed by atoms with Crippen molar-refractivity contribution in [3.05, 3.63) is 58.4 Å². The standard InChI is InChI=1S/C18H20ClFN2O2/c1-12-5-3-6-13(2)17(12)24-10-4-9-21-18(23)22-14-7-8-16(20)15(19)11-14/h3,5-8,11H,4,9-10H2,1-2H3,(H2,21,22,23). The van der Waals surface area contributed by atoms with Crippen LogP contribution in [0.25, 0.3) is 0 Å². The summed E-state index contributed by atoms with van der Waals surface area (Å²) in [5.74, 6) is 0.370. The van der Waals surface area contributed by atoms with E-state index in [9.17, 15) is 9.18 Å². The summed E-state index contributed by atoms with van der Waals surface area (Å²) in [7, 11) is 0. The summed E-state index contributed by atoms with van der Waals surface area (Å²) in [5, 5.41) is 5.28. The van der Waals surface area contributed by atoms with Gasteiger partial charge >= 0.3 is 6.03 Å². The molecule has 2 aromatic carbocycles. The van der Waals surface area contributed by atoms with Gasteiger partial charge in [-0.25, -0.2) is 9.18 Å². The molecule has 128 valence electrons. The van der Waals surface area contributed by atoms with Gasteiger partial charge < -0.3 is 15.4 Å². The molecule has 0 saturated heterocycles. The van der Waals surface area contributed by atoms with E-state index < -0.39 is 5.82 Å². The molecule has 0 fully saturated rings. The molecule has 0 aromatic heterocycles. The van der Waals surface area contributed by atoms with Gasteiger partial charge in [0.15, 0.2) is 0 Å². The lowest BCUT2D eigenvalue weighted by Gasteiger charge is -2.12. The van der Waals surface area contributed by atoms with Crippen LogP contribution in [-0.4, -0.2) is 19.2 Å². The average molecular weight is 351 g/mol. The number of benzene rings is 2. The van der Waals surface area contributed by atoms with Crippen molar-refractivity contribution >= 4 is 23.3 Å². The molecule has 0 spiro atoms. The molecular formula is C18H20ClFN2O2. The number of ether oxygens (including phenoxy) is 1. The average Bonchev–Trinajstić information content (AvgIpc) is 2.53. The number of halogens is 2. The Morgan fingerprint density at radius 3 is 2.58 bits per heavy atom. The number of carbonyl (C=O) groups excluding carboxylic acids is 1. The van der Waals surface area contributed by atoms with Gasteiger partial charge in [0.25, 0.3) is 0 Å². The van der Waals surface area contributed by atoms with E-state index in [2.05, 4.69) is 10.6 Å². The maximum atomic E-state index is 13.0. The summed E-state index contributed by atoms with van der Waals surface area (Å²) in [6, 6.07) is 9.64. The predicted molar refractivity (Wildman–Crippen MR) is 94.5 cm³/mol. The van der Waals surface area contributed by atoms with Crippen LogP contribution in [0.5, 0.6) is 5.75 Å². The Kier molecular flexibility index (Phi) is 6.44. The molecule has 24 heavy (non-hydrogen) atoms. The van der Waals surface area contributed by atoms with E-state index >= 15 is 0 Å². The van der Waals surface area contributed by atoms with Gasteiger partial charge in [-0.15, -0.1) is 0 Å². The van der Waals surface area contributed by atoms with E-state index in [1.807, 2.05) is 32.0 Å². The van der Waals surface area contributed by atoms with Crippen LogP contribution in [0, 0.1) is 19.7 Å². The second-order valence-electron chi connectivity index (χ2n) is 5.43. The predicted octanol–water partition coefficient (Wildman–Crippen LogP) is 4.69. The molecule has 4 nitrogen and oxygen atoms in total. The first-order chi connectivity index (χ1) is 11.5. The number of amides is 2. The molecule has 2 amide bonds. The maximum Gasteiger partial charge on any atom is 0.319 e. The normalized spacial score (nSPS) is 10.3. The second kappa shape index (κ2) is 8.55. The van der Waals surface area contributed by atoms with Crippen LogP contribution in [0.1, 0.15) is 17.5 Å². The largest absolute Gasteiger partial charge is 0.493 e. The molecule has 0 bridgehead atoms. The van der Waals surface area contributed by atoms with E-state index in [0.717, 1.165) is 16.9 Å². The van der Waals surface area contributed by atoms with E-state index in [0.29, 0.717) is 25.3 Å². The van der Waals surface area contributed by atoms with Gasteiger partial charge in [0, 0.05) is 12.2 Å². The van der Waals surface area contributed by atoms with Crippen molar-refractivity contribution in [2.24, 2.45) is 0 Å². The first-order valence-electron chi connectivity index (χ1n) is 7.66. The minimum Gasteiger partial charge on any atom is -0.493 e. The van der Waals surface area contributed by atoms with Gasteiger partial charge in [-0.05, 0) is 49.6 Å². The number of hydrogen-bond acceptors (Lipinski definition) is 2. The van der Waals surface area contributed by atoms with Crippen LogP contribution in [-0.2, 0) is 0 Å². The zero-order valence-corrected chi connectivity index (χ0v) is 14.4. The number of carbonyl (C=O) groups is 1. The van der Waals surface area contributed by atoms with Gasteiger partial charge in [-0.2, -0.15) is 0 Å². The fraction of sp³-hybridized carbons (Fsp3) is 0.278. The van der Waals surface area contributed by atoms with Crippen LogP contribution in [0.3, 0.4) is 0 Å². The fourth-order valence-electron chi connectivity index (χ4n) is 2.22. The summed E-state index contributed by atoms with van der Waals surface area (Å²) in [5.41, 5.74) is 2.62. The quantitative estimate of drug-likeness (QED) is 0.743. The molecule has 0 saturated carbocycles. The lowest BCUT2D eigenvalue weighted by atomic mass is 10.1. The molecule has 0 aliphatic carbocycles. The molecule has 0 atom stereocenters. The van der Waals surface area contributed by atoms with Crippen molar-refractivity contribution in [1.29, 1.82) is 0 Å². The molecule has 2 aromatic rings.